The van der Waals surface area contributed by atoms with Gasteiger partial charge >= 0.3 is 8.05 Å². The summed E-state index contributed by atoms with van der Waals surface area (Å²) < 4.78 is 5.30. The third kappa shape index (κ3) is 3.26. The maximum absolute atomic E-state index is 5.30. The van der Waals surface area contributed by atoms with Crippen LogP contribution in [0.25, 0.3) is 11.1 Å². The molecule has 0 amide bonds. The minimum absolute atomic E-state index is 0.777. The summed E-state index contributed by atoms with van der Waals surface area (Å²) in [4.78, 5) is 4.50. The number of benzene rings is 3. The smallest absolute Gasteiger partial charge is 0.322 e. The Bertz CT molecular complexity index is 767. The molecule has 3 heteroatoms. The number of nitrogens with zero attached hydrogens (tertiary/aromatic N) is 1. The molecule has 22 heavy (non-hydrogen) atoms. The van der Waals surface area contributed by atoms with Gasteiger partial charge in [0.05, 0.1) is 0 Å². The Morgan fingerprint density at radius 3 is 2.09 bits per heavy atom. The van der Waals surface area contributed by atoms with Crippen molar-refractivity contribution in [2.75, 3.05) is 0 Å². The van der Waals surface area contributed by atoms with E-state index in [0.29, 0.717) is 0 Å². The van der Waals surface area contributed by atoms with Gasteiger partial charge in [0, 0.05) is 6.21 Å². The highest BCUT2D eigenvalue weighted by molar-refractivity contribution is 6.00. The van der Waals surface area contributed by atoms with Crippen LogP contribution < -0.4 is 4.65 Å². The molecule has 0 radical (unpaired) electrons. The number of rotatable bonds is 4. The van der Waals surface area contributed by atoms with E-state index in [4.69, 9.17) is 4.65 Å². The molecule has 0 saturated heterocycles. The molecule has 0 aliphatic heterocycles. The van der Waals surface area contributed by atoms with E-state index < -0.39 is 0 Å². The molecule has 0 atom stereocenters. The number of aliphatic imine (C=N–C) groups is 1. The average molecular weight is 285 g/mol. The molecule has 3 rings (SSSR count). The minimum Gasteiger partial charge on any atom is -0.566 e. The zero-order valence-electron chi connectivity index (χ0n) is 12.4. The van der Waals surface area contributed by atoms with Gasteiger partial charge in [-0.2, -0.15) is 0 Å². The standard InChI is InChI=1S/C19H16BNO/c20-22-19-9-5-4-8-18(19)21-14-15-10-12-17(13-11-15)16-6-2-1-3-7-16/h1-14H,20H2/b21-14+. The minimum atomic E-state index is 0.777. The lowest BCUT2D eigenvalue weighted by atomic mass is 10.0. The lowest BCUT2D eigenvalue weighted by molar-refractivity contribution is 0.618. The van der Waals surface area contributed by atoms with Crippen LogP contribution in [0.5, 0.6) is 5.75 Å². The summed E-state index contributed by atoms with van der Waals surface area (Å²) in [6.45, 7) is 0. The van der Waals surface area contributed by atoms with Crippen molar-refractivity contribution in [3.05, 3.63) is 84.4 Å². The van der Waals surface area contributed by atoms with Crippen LogP contribution in [0.1, 0.15) is 5.56 Å². The lowest BCUT2D eigenvalue weighted by Gasteiger charge is -2.04. The number of hydrogen-bond donors (Lipinski definition) is 0. The molecule has 0 spiro atoms. The van der Waals surface area contributed by atoms with Crippen LogP contribution >= 0.6 is 0 Å². The van der Waals surface area contributed by atoms with Gasteiger partial charge in [-0.15, -0.1) is 0 Å². The van der Waals surface area contributed by atoms with Gasteiger partial charge in [0.2, 0.25) is 0 Å². The summed E-state index contributed by atoms with van der Waals surface area (Å²) in [5.74, 6) is 0.777. The molecular weight excluding hydrogens is 269 g/mol. The van der Waals surface area contributed by atoms with E-state index in [1.165, 1.54) is 11.1 Å². The van der Waals surface area contributed by atoms with Gasteiger partial charge in [-0.3, -0.25) is 4.99 Å². The molecule has 2 nitrogen and oxygen atoms in total. The Balaban J connectivity index is 1.80. The Labute approximate surface area is 131 Å². The summed E-state index contributed by atoms with van der Waals surface area (Å²) in [5, 5.41) is 0. The summed E-state index contributed by atoms with van der Waals surface area (Å²) in [5.41, 5.74) is 4.31. The fraction of sp³-hybridized carbons (Fsp3) is 0. The van der Waals surface area contributed by atoms with Crippen molar-refractivity contribution < 1.29 is 4.65 Å². The van der Waals surface area contributed by atoms with Crippen molar-refractivity contribution in [1.29, 1.82) is 0 Å². The van der Waals surface area contributed by atoms with E-state index in [1.54, 1.807) is 8.05 Å². The molecule has 0 N–H and O–H groups in total. The summed E-state index contributed by atoms with van der Waals surface area (Å²) in [6.07, 6.45) is 1.85. The summed E-state index contributed by atoms with van der Waals surface area (Å²) in [7, 11) is 1.66. The van der Waals surface area contributed by atoms with Gasteiger partial charge in [-0.25, -0.2) is 0 Å². The Hall–Kier alpha value is -2.81. The number of hydrogen-bond acceptors (Lipinski definition) is 2. The first-order valence-electron chi connectivity index (χ1n) is 7.19. The van der Waals surface area contributed by atoms with Gasteiger partial charge < -0.3 is 4.65 Å². The van der Waals surface area contributed by atoms with Crippen LogP contribution in [0.3, 0.4) is 0 Å². The lowest BCUT2D eigenvalue weighted by Crippen LogP contribution is -1.86. The molecule has 0 aromatic heterocycles. The van der Waals surface area contributed by atoms with Crippen molar-refractivity contribution in [2.45, 2.75) is 0 Å². The Kier molecular flexibility index (Phi) is 4.35. The Morgan fingerprint density at radius 1 is 0.727 bits per heavy atom. The zero-order chi connectivity index (χ0) is 15.2. The highest BCUT2D eigenvalue weighted by Crippen LogP contribution is 2.26. The maximum atomic E-state index is 5.30. The zero-order valence-corrected chi connectivity index (χ0v) is 12.4. The van der Waals surface area contributed by atoms with Crippen molar-refractivity contribution in [3.63, 3.8) is 0 Å². The molecule has 106 valence electrons. The Morgan fingerprint density at radius 2 is 1.36 bits per heavy atom. The average Bonchev–Trinajstić information content (AvgIpc) is 2.61. The highest BCUT2D eigenvalue weighted by Gasteiger charge is 1.98. The fourth-order valence-corrected chi connectivity index (χ4v) is 2.27. The van der Waals surface area contributed by atoms with Crippen LogP contribution in [-0.4, -0.2) is 14.3 Å². The molecular formula is C19H16BNO. The monoisotopic (exact) mass is 285 g/mol. The largest absolute Gasteiger partial charge is 0.566 e. The third-order valence-corrected chi connectivity index (χ3v) is 3.46. The van der Waals surface area contributed by atoms with Gasteiger partial charge in [0.15, 0.2) is 0 Å². The predicted molar refractivity (Wildman–Crippen MR) is 94.7 cm³/mol. The molecule has 0 heterocycles. The van der Waals surface area contributed by atoms with Crippen LogP contribution in [0.15, 0.2) is 83.9 Å². The van der Waals surface area contributed by atoms with E-state index >= 15 is 0 Å². The van der Waals surface area contributed by atoms with Gasteiger partial charge in [0.1, 0.15) is 11.4 Å². The fourth-order valence-electron chi connectivity index (χ4n) is 2.27. The van der Waals surface area contributed by atoms with Gasteiger partial charge in [-0.1, -0.05) is 66.7 Å². The van der Waals surface area contributed by atoms with Crippen molar-refractivity contribution >= 4 is 20.0 Å². The maximum Gasteiger partial charge on any atom is 0.322 e. The van der Waals surface area contributed by atoms with Crippen molar-refractivity contribution in [2.24, 2.45) is 4.99 Å². The molecule has 3 aromatic carbocycles. The van der Waals surface area contributed by atoms with E-state index in [-0.39, 0.29) is 0 Å². The molecule has 0 aliphatic carbocycles. The van der Waals surface area contributed by atoms with Crippen LogP contribution in [-0.2, 0) is 0 Å². The SMILES string of the molecule is BOc1ccccc1/N=C/c1ccc(-c2ccccc2)cc1. The van der Waals surface area contributed by atoms with Crippen molar-refractivity contribution in [1.82, 2.24) is 0 Å². The first-order chi connectivity index (χ1) is 10.9. The van der Waals surface area contributed by atoms with E-state index in [2.05, 4.69) is 41.4 Å². The predicted octanol–water partition coefficient (Wildman–Crippen LogP) is 4.03. The second-order valence-electron chi connectivity index (χ2n) is 4.92. The first-order valence-corrected chi connectivity index (χ1v) is 7.19. The van der Waals surface area contributed by atoms with Gasteiger partial charge in [0.25, 0.3) is 0 Å². The first kappa shape index (κ1) is 14.1. The molecule has 0 fully saturated rings. The topological polar surface area (TPSA) is 21.6 Å². The third-order valence-electron chi connectivity index (χ3n) is 3.46. The quantitative estimate of drug-likeness (QED) is 0.524. The van der Waals surface area contributed by atoms with E-state index in [9.17, 15) is 0 Å². The van der Waals surface area contributed by atoms with Crippen molar-refractivity contribution in [3.8, 4) is 16.9 Å². The second kappa shape index (κ2) is 6.77. The van der Waals surface area contributed by atoms with Crippen LogP contribution in [0.4, 0.5) is 5.69 Å². The molecule has 3 aromatic rings. The van der Waals surface area contributed by atoms with Gasteiger partial charge in [-0.05, 0) is 28.8 Å². The van der Waals surface area contributed by atoms with Crippen LogP contribution in [0.2, 0.25) is 0 Å². The normalized spacial score (nSPS) is 10.7. The summed E-state index contributed by atoms with van der Waals surface area (Å²) >= 11 is 0. The molecule has 0 saturated carbocycles. The van der Waals surface area contributed by atoms with E-state index in [1.807, 2.05) is 48.7 Å². The molecule has 0 aliphatic rings. The summed E-state index contributed by atoms with van der Waals surface area (Å²) in [6, 6.07) is 26.4. The molecule has 0 unspecified atom stereocenters. The second-order valence-corrected chi connectivity index (χ2v) is 4.92. The van der Waals surface area contributed by atoms with E-state index in [0.717, 1.165) is 17.0 Å². The van der Waals surface area contributed by atoms with Crippen LogP contribution in [0, 0.1) is 0 Å². The number of para-hydroxylation sites is 2. The highest BCUT2D eigenvalue weighted by atomic mass is 16.4. The molecule has 0 bridgehead atoms.